The summed E-state index contributed by atoms with van der Waals surface area (Å²) in [6.07, 6.45) is 0.781. The highest BCUT2D eigenvalue weighted by Crippen LogP contribution is 2.17. The number of nitrogens with zero attached hydrogens (tertiary/aromatic N) is 1. The topological polar surface area (TPSA) is 90.5 Å². The summed E-state index contributed by atoms with van der Waals surface area (Å²) in [4.78, 5) is 38.9. The maximum absolute atomic E-state index is 12.7. The molecule has 0 bridgehead atoms. The van der Waals surface area contributed by atoms with Crippen LogP contribution < -0.4 is 16.0 Å². The Balaban J connectivity index is 1.65. The fourth-order valence-corrected chi connectivity index (χ4v) is 3.23. The number of nitrogens with one attached hydrogen (secondary N) is 3. The summed E-state index contributed by atoms with van der Waals surface area (Å²) in [5.41, 5.74) is 2.38. The van der Waals surface area contributed by atoms with Gasteiger partial charge in [0.15, 0.2) is 0 Å². The minimum atomic E-state index is -0.883. The van der Waals surface area contributed by atoms with Gasteiger partial charge in [0.1, 0.15) is 6.04 Å². The minimum Gasteiger partial charge on any atom is -0.353 e. The van der Waals surface area contributed by atoms with Crippen molar-refractivity contribution in [1.82, 2.24) is 10.2 Å². The van der Waals surface area contributed by atoms with Crippen LogP contribution in [0.5, 0.6) is 0 Å². The van der Waals surface area contributed by atoms with Crippen LogP contribution in [0.2, 0.25) is 5.02 Å². The molecule has 4 amide bonds. The molecule has 0 saturated carbocycles. The number of hydrogen-bond acceptors (Lipinski definition) is 3. The first-order valence-corrected chi connectivity index (χ1v) is 9.83. The van der Waals surface area contributed by atoms with Crippen molar-refractivity contribution in [3.63, 3.8) is 0 Å². The molecular formula is C21H23ClN4O3. The Morgan fingerprint density at radius 1 is 1.07 bits per heavy atom. The first-order valence-electron chi connectivity index (χ1n) is 9.46. The van der Waals surface area contributed by atoms with Gasteiger partial charge in [-0.2, -0.15) is 0 Å². The number of halogens is 1. The molecule has 2 aromatic rings. The summed E-state index contributed by atoms with van der Waals surface area (Å²) in [5, 5.41) is 8.80. The van der Waals surface area contributed by atoms with E-state index in [0.29, 0.717) is 29.5 Å². The zero-order valence-electron chi connectivity index (χ0n) is 16.1. The number of benzene rings is 2. The monoisotopic (exact) mass is 414 g/mol. The van der Waals surface area contributed by atoms with Crippen LogP contribution in [-0.2, 0) is 16.0 Å². The molecule has 1 heterocycles. The zero-order chi connectivity index (χ0) is 20.8. The highest BCUT2D eigenvalue weighted by Gasteiger charge is 2.34. The highest BCUT2D eigenvalue weighted by molar-refractivity contribution is 6.30. The summed E-state index contributed by atoms with van der Waals surface area (Å²) in [6, 6.07) is 12.9. The standard InChI is InChI=1S/C21H23ClN4O3/c1-2-14-3-7-16(8-4-14)24-19(27)13-18-20(28)23-11-12-26(18)21(29)25-17-9-5-15(22)6-10-17/h3-10,18H,2,11-13H2,1H3,(H,23,28)(H,24,27)(H,25,29). The zero-order valence-corrected chi connectivity index (χ0v) is 16.8. The molecule has 29 heavy (non-hydrogen) atoms. The molecule has 2 aromatic carbocycles. The van der Waals surface area contributed by atoms with Gasteiger partial charge in [-0.3, -0.25) is 9.59 Å². The number of rotatable bonds is 5. The summed E-state index contributed by atoms with van der Waals surface area (Å²) < 4.78 is 0. The lowest BCUT2D eigenvalue weighted by Gasteiger charge is -2.34. The quantitative estimate of drug-likeness (QED) is 0.701. The molecule has 0 aromatic heterocycles. The summed E-state index contributed by atoms with van der Waals surface area (Å²) in [7, 11) is 0. The van der Waals surface area contributed by atoms with E-state index in [0.717, 1.165) is 6.42 Å². The van der Waals surface area contributed by atoms with E-state index >= 15 is 0 Å². The second-order valence-electron chi connectivity index (χ2n) is 6.74. The molecule has 8 heteroatoms. The largest absolute Gasteiger partial charge is 0.353 e. The lowest BCUT2D eigenvalue weighted by atomic mass is 10.1. The molecule has 7 nitrogen and oxygen atoms in total. The van der Waals surface area contributed by atoms with Gasteiger partial charge in [-0.1, -0.05) is 30.7 Å². The summed E-state index contributed by atoms with van der Waals surface area (Å²) in [5.74, 6) is -0.681. The summed E-state index contributed by atoms with van der Waals surface area (Å²) in [6.45, 7) is 2.71. The van der Waals surface area contributed by atoms with E-state index in [2.05, 4.69) is 22.9 Å². The molecular weight excluding hydrogens is 392 g/mol. The van der Waals surface area contributed by atoms with E-state index in [1.807, 2.05) is 24.3 Å². The molecule has 1 unspecified atom stereocenters. The van der Waals surface area contributed by atoms with Gasteiger partial charge < -0.3 is 20.9 Å². The van der Waals surface area contributed by atoms with E-state index in [1.54, 1.807) is 24.3 Å². The van der Waals surface area contributed by atoms with Gasteiger partial charge in [-0.25, -0.2) is 4.79 Å². The van der Waals surface area contributed by atoms with E-state index in [-0.39, 0.29) is 18.2 Å². The van der Waals surface area contributed by atoms with Crippen molar-refractivity contribution >= 4 is 40.8 Å². The van der Waals surface area contributed by atoms with Gasteiger partial charge >= 0.3 is 6.03 Å². The number of piperazine rings is 1. The molecule has 1 atom stereocenters. The van der Waals surface area contributed by atoms with Crippen molar-refractivity contribution in [1.29, 1.82) is 0 Å². The van der Waals surface area contributed by atoms with Crippen LogP contribution in [-0.4, -0.2) is 41.9 Å². The fourth-order valence-electron chi connectivity index (χ4n) is 3.10. The Morgan fingerprint density at radius 3 is 2.34 bits per heavy atom. The highest BCUT2D eigenvalue weighted by atomic mass is 35.5. The summed E-state index contributed by atoms with van der Waals surface area (Å²) >= 11 is 5.86. The third-order valence-electron chi connectivity index (χ3n) is 4.71. The predicted molar refractivity (Wildman–Crippen MR) is 113 cm³/mol. The molecule has 0 spiro atoms. The number of anilines is 2. The van der Waals surface area contributed by atoms with E-state index in [9.17, 15) is 14.4 Å². The predicted octanol–water partition coefficient (Wildman–Crippen LogP) is 3.26. The number of amides is 4. The van der Waals surface area contributed by atoms with Gasteiger partial charge in [0, 0.05) is 29.5 Å². The number of hydrogen-bond donors (Lipinski definition) is 3. The van der Waals surface area contributed by atoms with Crippen molar-refractivity contribution in [2.75, 3.05) is 23.7 Å². The molecule has 3 N–H and O–H groups in total. The Bertz CT molecular complexity index is 884. The Morgan fingerprint density at radius 2 is 1.69 bits per heavy atom. The maximum atomic E-state index is 12.7. The Labute approximate surface area is 174 Å². The van der Waals surface area contributed by atoms with E-state index in [1.165, 1.54) is 10.5 Å². The molecule has 3 rings (SSSR count). The second kappa shape index (κ2) is 9.43. The van der Waals surface area contributed by atoms with Gasteiger partial charge in [0.25, 0.3) is 0 Å². The number of carbonyl (C=O) groups excluding carboxylic acids is 3. The van der Waals surface area contributed by atoms with Gasteiger partial charge in [-0.15, -0.1) is 0 Å². The smallest absolute Gasteiger partial charge is 0.322 e. The SMILES string of the molecule is CCc1ccc(NC(=O)CC2C(=O)NCCN2C(=O)Nc2ccc(Cl)cc2)cc1. The normalized spacial score (nSPS) is 16.1. The fraction of sp³-hybridized carbons (Fsp3) is 0.286. The number of urea groups is 1. The van der Waals surface area contributed by atoms with Crippen LogP contribution in [0.1, 0.15) is 18.9 Å². The molecule has 1 aliphatic rings. The van der Waals surface area contributed by atoms with E-state index in [4.69, 9.17) is 11.6 Å². The van der Waals surface area contributed by atoms with Crippen molar-refractivity contribution in [3.8, 4) is 0 Å². The third kappa shape index (κ3) is 5.48. The molecule has 1 saturated heterocycles. The molecule has 0 radical (unpaired) electrons. The van der Waals surface area contributed by atoms with Crippen LogP contribution in [0.15, 0.2) is 48.5 Å². The van der Waals surface area contributed by atoms with Crippen LogP contribution in [0.3, 0.4) is 0 Å². The molecule has 0 aliphatic carbocycles. The van der Waals surface area contributed by atoms with Crippen molar-refractivity contribution < 1.29 is 14.4 Å². The van der Waals surface area contributed by atoms with Gasteiger partial charge in [0.2, 0.25) is 11.8 Å². The second-order valence-corrected chi connectivity index (χ2v) is 7.18. The average Bonchev–Trinajstić information content (AvgIpc) is 2.71. The molecule has 1 aliphatic heterocycles. The van der Waals surface area contributed by atoms with Crippen LogP contribution in [0.4, 0.5) is 16.2 Å². The first-order chi connectivity index (χ1) is 14.0. The van der Waals surface area contributed by atoms with Crippen molar-refractivity contribution in [2.45, 2.75) is 25.8 Å². The maximum Gasteiger partial charge on any atom is 0.322 e. The molecule has 152 valence electrons. The minimum absolute atomic E-state index is 0.130. The molecule has 1 fully saturated rings. The van der Waals surface area contributed by atoms with Crippen molar-refractivity contribution in [3.05, 3.63) is 59.1 Å². The Hall–Kier alpha value is -3.06. The van der Waals surface area contributed by atoms with E-state index < -0.39 is 12.1 Å². The average molecular weight is 415 g/mol. The van der Waals surface area contributed by atoms with Gasteiger partial charge in [0.05, 0.1) is 6.42 Å². The lowest BCUT2D eigenvalue weighted by Crippen LogP contribution is -2.59. The number of aryl methyl sites for hydroxylation is 1. The number of carbonyl (C=O) groups is 3. The van der Waals surface area contributed by atoms with Crippen LogP contribution in [0.25, 0.3) is 0 Å². The third-order valence-corrected chi connectivity index (χ3v) is 4.96. The van der Waals surface area contributed by atoms with Gasteiger partial charge in [-0.05, 0) is 48.4 Å². The Kier molecular flexibility index (Phi) is 6.72. The van der Waals surface area contributed by atoms with Crippen LogP contribution in [0, 0.1) is 0 Å². The van der Waals surface area contributed by atoms with Crippen molar-refractivity contribution in [2.24, 2.45) is 0 Å². The van der Waals surface area contributed by atoms with Crippen LogP contribution >= 0.6 is 11.6 Å². The first kappa shape index (κ1) is 20.7. The lowest BCUT2D eigenvalue weighted by molar-refractivity contribution is -0.130.